The van der Waals surface area contributed by atoms with Crippen LogP contribution in [0.2, 0.25) is 0 Å². The van der Waals surface area contributed by atoms with E-state index in [9.17, 15) is 0 Å². The molecule has 18 heavy (non-hydrogen) atoms. The first-order valence-electron chi connectivity index (χ1n) is 6.46. The topological polar surface area (TPSA) is 50.3 Å². The van der Waals surface area contributed by atoms with Gasteiger partial charge >= 0.3 is 0 Å². The number of nitrogens with two attached hydrogens (primary N) is 1. The maximum atomic E-state index is 6.06. The van der Waals surface area contributed by atoms with Crippen LogP contribution in [-0.2, 0) is 13.1 Å². The first-order valence-corrected chi connectivity index (χ1v) is 7.61. The van der Waals surface area contributed by atoms with Crippen LogP contribution in [0.25, 0.3) is 0 Å². The van der Waals surface area contributed by atoms with Crippen LogP contribution in [0.15, 0.2) is 6.20 Å². The van der Waals surface area contributed by atoms with Crippen molar-refractivity contribution >= 4 is 11.8 Å². The summed E-state index contributed by atoms with van der Waals surface area (Å²) in [5, 5.41) is 6.61. The van der Waals surface area contributed by atoms with Crippen molar-refractivity contribution in [3.8, 4) is 0 Å². The van der Waals surface area contributed by atoms with Gasteiger partial charge in [0, 0.05) is 56.3 Å². The molecule has 2 aliphatic rings. The van der Waals surface area contributed by atoms with Gasteiger partial charge in [-0.15, -0.1) is 0 Å². The Morgan fingerprint density at radius 2 is 2.22 bits per heavy atom. The predicted octanol–water partition coefficient (Wildman–Crippen LogP) is 0.229. The molecule has 1 fully saturated rings. The van der Waals surface area contributed by atoms with Crippen molar-refractivity contribution in [3.05, 3.63) is 17.5 Å². The Labute approximate surface area is 112 Å². The SMILES string of the molecule is CN(C)n1cc2c(n1)CN(C1CSCC(N)C1)C2. The van der Waals surface area contributed by atoms with Gasteiger partial charge in [-0.1, -0.05) is 0 Å². The highest BCUT2D eigenvalue weighted by molar-refractivity contribution is 7.99. The van der Waals surface area contributed by atoms with Gasteiger partial charge in [0.25, 0.3) is 0 Å². The molecule has 100 valence electrons. The maximum absolute atomic E-state index is 6.06. The van der Waals surface area contributed by atoms with Gasteiger partial charge in [0.15, 0.2) is 0 Å². The molecule has 2 N–H and O–H groups in total. The van der Waals surface area contributed by atoms with Crippen molar-refractivity contribution in [1.29, 1.82) is 0 Å². The van der Waals surface area contributed by atoms with E-state index in [2.05, 4.69) is 16.2 Å². The zero-order valence-corrected chi connectivity index (χ0v) is 11.9. The summed E-state index contributed by atoms with van der Waals surface area (Å²) in [4.78, 5) is 4.45. The van der Waals surface area contributed by atoms with Crippen LogP contribution in [0.4, 0.5) is 0 Å². The number of hydrogen-bond donors (Lipinski definition) is 1. The molecule has 2 unspecified atom stereocenters. The standard InChI is InChI=1S/C12H21N5S/c1-15(2)17-5-9-4-16(6-12(9)14-17)11-3-10(13)7-18-8-11/h5,10-11H,3-4,6-8,13H2,1-2H3. The highest BCUT2D eigenvalue weighted by Crippen LogP contribution is 2.29. The largest absolute Gasteiger partial charge is 0.327 e. The molecular weight excluding hydrogens is 246 g/mol. The Balaban J connectivity index is 1.67. The minimum Gasteiger partial charge on any atom is -0.327 e. The zero-order valence-electron chi connectivity index (χ0n) is 11.0. The van der Waals surface area contributed by atoms with Crippen molar-refractivity contribution < 1.29 is 0 Å². The third kappa shape index (κ3) is 2.24. The predicted molar refractivity (Wildman–Crippen MR) is 75.2 cm³/mol. The minimum absolute atomic E-state index is 0.364. The van der Waals surface area contributed by atoms with Gasteiger partial charge in [0.1, 0.15) is 0 Å². The number of fused-ring (bicyclic) bond motifs is 1. The molecule has 6 heteroatoms. The smallest absolute Gasteiger partial charge is 0.0831 e. The molecule has 0 radical (unpaired) electrons. The first-order chi connectivity index (χ1) is 8.63. The Morgan fingerprint density at radius 1 is 1.39 bits per heavy atom. The molecule has 2 atom stereocenters. The average Bonchev–Trinajstić information content (AvgIpc) is 2.86. The van der Waals surface area contributed by atoms with Crippen LogP contribution in [0, 0.1) is 0 Å². The van der Waals surface area contributed by atoms with E-state index in [1.807, 2.05) is 35.7 Å². The highest BCUT2D eigenvalue weighted by atomic mass is 32.2. The molecule has 0 bridgehead atoms. The van der Waals surface area contributed by atoms with Crippen LogP contribution in [0.5, 0.6) is 0 Å². The van der Waals surface area contributed by atoms with Crippen molar-refractivity contribution in [2.24, 2.45) is 5.73 Å². The van der Waals surface area contributed by atoms with Crippen LogP contribution in [0.3, 0.4) is 0 Å². The monoisotopic (exact) mass is 267 g/mol. The summed E-state index contributed by atoms with van der Waals surface area (Å²) in [6, 6.07) is 0.990. The van der Waals surface area contributed by atoms with Gasteiger partial charge in [0.2, 0.25) is 0 Å². The van der Waals surface area contributed by atoms with E-state index in [0.717, 1.165) is 25.3 Å². The molecular formula is C12H21N5S. The van der Waals surface area contributed by atoms with E-state index in [1.54, 1.807) is 0 Å². The molecule has 3 rings (SSSR count). The molecule has 3 heterocycles. The molecule has 0 aliphatic carbocycles. The summed E-state index contributed by atoms with van der Waals surface area (Å²) in [6.07, 6.45) is 3.27. The summed E-state index contributed by atoms with van der Waals surface area (Å²) in [7, 11) is 4.02. The Bertz CT molecular complexity index is 407. The average molecular weight is 267 g/mol. The molecule has 0 saturated carbocycles. The number of nitrogens with zero attached hydrogens (tertiary/aromatic N) is 4. The van der Waals surface area contributed by atoms with Crippen LogP contribution >= 0.6 is 11.8 Å². The molecule has 0 amide bonds. The zero-order chi connectivity index (χ0) is 12.7. The second kappa shape index (κ2) is 4.75. The van der Waals surface area contributed by atoms with E-state index in [4.69, 9.17) is 5.73 Å². The lowest BCUT2D eigenvalue weighted by atomic mass is 10.1. The van der Waals surface area contributed by atoms with Crippen molar-refractivity contribution in [2.45, 2.75) is 31.6 Å². The van der Waals surface area contributed by atoms with E-state index >= 15 is 0 Å². The summed E-state index contributed by atoms with van der Waals surface area (Å²) in [6.45, 7) is 2.01. The lowest BCUT2D eigenvalue weighted by molar-refractivity contribution is 0.194. The van der Waals surface area contributed by atoms with Crippen LogP contribution in [-0.4, -0.2) is 52.5 Å². The fraction of sp³-hybridized carbons (Fsp3) is 0.750. The molecule has 1 aromatic heterocycles. The van der Waals surface area contributed by atoms with E-state index in [0.29, 0.717) is 12.1 Å². The van der Waals surface area contributed by atoms with Gasteiger partial charge in [-0.25, -0.2) is 0 Å². The molecule has 0 aromatic carbocycles. The van der Waals surface area contributed by atoms with E-state index in [1.165, 1.54) is 17.0 Å². The molecule has 1 saturated heterocycles. The van der Waals surface area contributed by atoms with Crippen molar-refractivity contribution in [1.82, 2.24) is 14.8 Å². The first kappa shape index (κ1) is 12.3. The number of aromatic nitrogens is 2. The second-order valence-electron chi connectivity index (χ2n) is 5.46. The van der Waals surface area contributed by atoms with Crippen LogP contribution < -0.4 is 10.7 Å². The van der Waals surface area contributed by atoms with Crippen molar-refractivity contribution in [2.75, 3.05) is 30.6 Å². The Hall–Kier alpha value is -0.720. The number of rotatable bonds is 2. The van der Waals surface area contributed by atoms with Gasteiger partial charge in [0.05, 0.1) is 11.9 Å². The fourth-order valence-electron chi connectivity index (χ4n) is 2.72. The highest BCUT2D eigenvalue weighted by Gasteiger charge is 2.31. The normalized spacial score (nSPS) is 28.4. The summed E-state index contributed by atoms with van der Waals surface area (Å²) < 4.78 is 0. The van der Waals surface area contributed by atoms with E-state index in [-0.39, 0.29) is 0 Å². The fourth-order valence-corrected chi connectivity index (χ4v) is 3.92. The second-order valence-corrected chi connectivity index (χ2v) is 6.54. The van der Waals surface area contributed by atoms with Crippen molar-refractivity contribution in [3.63, 3.8) is 0 Å². The molecule has 0 spiro atoms. The lowest BCUT2D eigenvalue weighted by Gasteiger charge is -2.33. The molecule has 2 aliphatic heterocycles. The summed E-state index contributed by atoms with van der Waals surface area (Å²) in [5.74, 6) is 2.33. The quantitative estimate of drug-likeness (QED) is 0.831. The summed E-state index contributed by atoms with van der Waals surface area (Å²) >= 11 is 1.99. The number of thioether (sulfide) groups is 1. The maximum Gasteiger partial charge on any atom is 0.0831 e. The van der Waals surface area contributed by atoms with Gasteiger partial charge in [-0.3, -0.25) is 4.90 Å². The van der Waals surface area contributed by atoms with Gasteiger partial charge < -0.3 is 10.7 Å². The van der Waals surface area contributed by atoms with E-state index < -0.39 is 0 Å². The molecule has 5 nitrogen and oxygen atoms in total. The molecule has 1 aromatic rings. The van der Waals surface area contributed by atoms with Gasteiger partial charge in [-0.2, -0.15) is 21.7 Å². The third-order valence-corrected chi connectivity index (χ3v) is 5.02. The summed E-state index contributed by atoms with van der Waals surface area (Å²) in [5.41, 5.74) is 8.66. The Kier molecular flexibility index (Phi) is 3.25. The number of hydrogen-bond acceptors (Lipinski definition) is 5. The van der Waals surface area contributed by atoms with Crippen LogP contribution in [0.1, 0.15) is 17.7 Å². The third-order valence-electron chi connectivity index (χ3n) is 3.73. The Morgan fingerprint density at radius 3 is 2.89 bits per heavy atom. The minimum atomic E-state index is 0.364. The van der Waals surface area contributed by atoms with Gasteiger partial charge in [-0.05, 0) is 6.42 Å². The lowest BCUT2D eigenvalue weighted by Crippen LogP contribution is -2.43.